The third-order valence-electron chi connectivity index (χ3n) is 4.32. The summed E-state index contributed by atoms with van der Waals surface area (Å²) in [6, 6.07) is 7.67. The lowest BCUT2D eigenvalue weighted by atomic mass is 10.2. The molecule has 4 rings (SSSR count). The Bertz CT molecular complexity index is 900. The van der Waals surface area contributed by atoms with Crippen LogP contribution in [-0.2, 0) is 16.0 Å². The smallest absolute Gasteiger partial charge is 0.236 e. The fourth-order valence-electron chi connectivity index (χ4n) is 2.89. The number of anilines is 2. The summed E-state index contributed by atoms with van der Waals surface area (Å²) in [5.41, 5.74) is 1.31. The molecule has 140 valence electrons. The second-order valence-corrected chi connectivity index (χ2v) is 7.18. The van der Waals surface area contributed by atoms with Crippen LogP contribution in [0.15, 0.2) is 40.3 Å². The molecule has 1 saturated heterocycles. The Morgan fingerprint density at radius 3 is 2.85 bits per heavy atom. The van der Waals surface area contributed by atoms with Crippen LogP contribution in [0.25, 0.3) is 10.8 Å². The van der Waals surface area contributed by atoms with E-state index >= 15 is 0 Å². The lowest BCUT2D eigenvalue weighted by molar-refractivity contribution is -0.115. The molecule has 7 nitrogen and oxygen atoms in total. The molecule has 1 amide bonds. The highest BCUT2D eigenvalue weighted by Crippen LogP contribution is 2.26. The summed E-state index contributed by atoms with van der Waals surface area (Å²) in [6.45, 7) is 4.91. The monoisotopic (exact) mass is 384 g/mol. The third kappa shape index (κ3) is 4.17. The van der Waals surface area contributed by atoms with Gasteiger partial charge < -0.3 is 19.4 Å². The van der Waals surface area contributed by atoms with E-state index in [2.05, 4.69) is 20.2 Å². The van der Waals surface area contributed by atoms with Gasteiger partial charge in [0.1, 0.15) is 11.6 Å². The summed E-state index contributed by atoms with van der Waals surface area (Å²) >= 11 is 1.56. The van der Waals surface area contributed by atoms with Crippen molar-refractivity contribution in [2.24, 2.45) is 0 Å². The van der Waals surface area contributed by atoms with Crippen molar-refractivity contribution in [3.63, 3.8) is 0 Å². The quantitative estimate of drug-likeness (QED) is 0.728. The second kappa shape index (κ2) is 7.89. The van der Waals surface area contributed by atoms with E-state index in [1.54, 1.807) is 17.5 Å². The molecule has 0 radical (unpaired) electrons. The highest BCUT2D eigenvalue weighted by Gasteiger charge is 2.16. The molecule has 1 aliphatic rings. The summed E-state index contributed by atoms with van der Waals surface area (Å²) in [4.78, 5) is 24.4. The van der Waals surface area contributed by atoms with Crippen LogP contribution in [0.4, 0.5) is 11.5 Å². The van der Waals surface area contributed by atoms with Gasteiger partial charge in [-0.15, -0.1) is 11.3 Å². The second-order valence-electron chi connectivity index (χ2n) is 6.23. The number of thiophene rings is 1. The molecule has 1 aliphatic heterocycles. The first kappa shape index (κ1) is 17.7. The van der Waals surface area contributed by atoms with Gasteiger partial charge in [0, 0.05) is 13.1 Å². The molecule has 0 aliphatic carbocycles. The predicted molar refractivity (Wildman–Crippen MR) is 104 cm³/mol. The molecule has 8 heteroatoms. The van der Waals surface area contributed by atoms with Crippen molar-refractivity contribution in [3.8, 4) is 10.8 Å². The van der Waals surface area contributed by atoms with Crippen molar-refractivity contribution in [3.05, 3.63) is 47.3 Å². The molecule has 3 aromatic heterocycles. The molecule has 0 unspecified atom stereocenters. The zero-order valence-electron chi connectivity index (χ0n) is 15.0. The number of pyridine rings is 1. The molecule has 0 bridgehead atoms. The number of amides is 1. The summed E-state index contributed by atoms with van der Waals surface area (Å²) in [5.74, 6) is 1.96. The molecule has 0 saturated carbocycles. The highest BCUT2D eigenvalue weighted by atomic mass is 32.1. The Hall–Kier alpha value is -2.71. The number of hydrogen-bond donors (Lipinski definition) is 1. The Kier molecular flexibility index (Phi) is 5.17. The van der Waals surface area contributed by atoms with Gasteiger partial charge in [-0.05, 0) is 30.5 Å². The van der Waals surface area contributed by atoms with E-state index in [4.69, 9.17) is 9.15 Å². The Balaban J connectivity index is 1.38. The molecular weight excluding hydrogens is 364 g/mol. The number of ether oxygens (including phenoxy) is 1. The van der Waals surface area contributed by atoms with Crippen LogP contribution in [0.1, 0.15) is 11.5 Å². The molecule has 27 heavy (non-hydrogen) atoms. The maximum absolute atomic E-state index is 12.4. The average molecular weight is 384 g/mol. The van der Waals surface area contributed by atoms with Crippen LogP contribution in [-0.4, -0.2) is 42.2 Å². The molecule has 0 aromatic carbocycles. The number of carbonyl (C=O) groups is 1. The first-order chi connectivity index (χ1) is 13.2. The van der Waals surface area contributed by atoms with Crippen molar-refractivity contribution in [1.29, 1.82) is 0 Å². The number of oxazole rings is 1. The predicted octanol–water partition coefficient (Wildman–Crippen LogP) is 3.12. The molecule has 4 heterocycles. The largest absolute Gasteiger partial charge is 0.440 e. The number of hydrogen-bond acceptors (Lipinski definition) is 7. The van der Waals surface area contributed by atoms with E-state index in [1.165, 1.54) is 0 Å². The number of nitrogens with one attached hydrogen (secondary N) is 1. The number of aromatic nitrogens is 2. The number of nitrogens with zero attached hydrogens (tertiary/aromatic N) is 3. The minimum atomic E-state index is -0.148. The molecule has 1 fully saturated rings. The van der Waals surface area contributed by atoms with Gasteiger partial charge in [0.05, 0.1) is 42.1 Å². The van der Waals surface area contributed by atoms with Crippen LogP contribution in [0.5, 0.6) is 0 Å². The highest BCUT2D eigenvalue weighted by molar-refractivity contribution is 7.13. The van der Waals surface area contributed by atoms with Gasteiger partial charge in [-0.3, -0.25) is 4.79 Å². The van der Waals surface area contributed by atoms with Crippen molar-refractivity contribution >= 4 is 28.7 Å². The minimum absolute atomic E-state index is 0.148. The summed E-state index contributed by atoms with van der Waals surface area (Å²) in [5, 5.41) is 4.84. The van der Waals surface area contributed by atoms with E-state index in [0.717, 1.165) is 23.8 Å². The normalized spacial score (nSPS) is 14.3. The standard InChI is InChI=1S/C19H20N4O3S/c1-13-15(22-19(26-13)16-3-2-10-27-16)11-18(24)21-14-4-5-17(20-12-14)23-6-8-25-9-7-23/h2-5,10,12H,6-9,11H2,1H3,(H,21,24). The number of morpholine rings is 1. The van der Waals surface area contributed by atoms with Crippen molar-refractivity contribution in [2.45, 2.75) is 13.3 Å². The van der Waals surface area contributed by atoms with Gasteiger partial charge >= 0.3 is 0 Å². The van der Waals surface area contributed by atoms with Crippen LogP contribution < -0.4 is 10.2 Å². The number of rotatable bonds is 5. The average Bonchev–Trinajstić information content (AvgIpc) is 3.33. The van der Waals surface area contributed by atoms with Crippen molar-refractivity contribution < 1.29 is 13.9 Å². The van der Waals surface area contributed by atoms with E-state index in [1.807, 2.05) is 36.6 Å². The first-order valence-electron chi connectivity index (χ1n) is 8.78. The fourth-order valence-corrected chi connectivity index (χ4v) is 3.54. The van der Waals surface area contributed by atoms with Crippen LogP contribution in [0, 0.1) is 6.92 Å². The summed E-state index contributed by atoms with van der Waals surface area (Å²) < 4.78 is 11.0. The summed E-state index contributed by atoms with van der Waals surface area (Å²) in [7, 11) is 0. The van der Waals surface area contributed by atoms with Gasteiger partial charge in [0.15, 0.2) is 0 Å². The minimum Gasteiger partial charge on any atom is -0.440 e. The van der Waals surface area contributed by atoms with Crippen molar-refractivity contribution in [2.75, 3.05) is 36.5 Å². The van der Waals surface area contributed by atoms with Gasteiger partial charge in [0.2, 0.25) is 11.8 Å². The molecule has 0 atom stereocenters. The van der Waals surface area contributed by atoms with Gasteiger partial charge in [-0.2, -0.15) is 0 Å². The van der Waals surface area contributed by atoms with Gasteiger partial charge in [-0.1, -0.05) is 6.07 Å². The molecule has 3 aromatic rings. The van der Waals surface area contributed by atoms with E-state index in [0.29, 0.717) is 36.2 Å². The lowest BCUT2D eigenvalue weighted by Gasteiger charge is -2.27. The SMILES string of the molecule is Cc1oc(-c2cccs2)nc1CC(=O)Nc1ccc(N2CCOCC2)nc1. The molecule has 1 N–H and O–H groups in total. The Morgan fingerprint density at radius 1 is 1.30 bits per heavy atom. The molecular formula is C19H20N4O3S. The van der Waals surface area contributed by atoms with Crippen molar-refractivity contribution in [1.82, 2.24) is 9.97 Å². The van der Waals surface area contributed by atoms with Crippen LogP contribution in [0.2, 0.25) is 0 Å². The van der Waals surface area contributed by atoms with Crippen LogP contribution >= 0.6 is 11.3 Å². The first-order valence-corrected chi connectivity index (χ1v) is 9.66. The fraction of sp³-hybridized carbons (Fsp3) is 0.316. The van der Waals surface area contributed by atoms with Gasteiger partial charge in [-0.25, -0.2) is 9.97 Å². The molecule has 0 spiro atoms. The summed E-state index contributed by atoms with van der Waals surface area (Å²) in [6.07, 6.45) is 1.83. The maximum Gasteiger partial charge on any atom is 0.236 e. The Labute approximate surface area is 161 Å². The Morgan fingerprint density at radius 2 is 2.15 bits per heavy atom. The third-order valence-corrected chi connectivity index (χ3v) is 5.18. The van der Waals surface area contributed by atoms with E-state index < -0.39 is 0 Å². The lowest BCUT2D eigenvalue weighted by Crippen LogP contribution is -2.36. The number of carbonyl (C=O) groups excluding carboxylic acids is 1. The number of aryl methyl sites for hydroxylation is 1. The van der Waals surface area contributed by atoms with Gasteiger partial charge in [0.25, 0.3) is 0 Å². The topological polar surface area (TPSA) is 80.5 Å². The maximum atomic E-state index is 12.4. The zero-order valence-corrected chi connectivity index (χ0v) is 15.8. The van der Waals surface area contributed by atoms with E-state index in [-0.39, 0.29) is 12.3 Å². The van der Waals surface area contributed by atoms with E-state index in [9.17, 15) is 4.79 Å². The van der Waals surface area contributed by atoms with Crippen LogP contribution in [0.3, 0.4) is 0 Å². The zero-order chi connectivity index (χ0) is 18.6.